The molecule has 0 bridgehead atoms. The Hall–Kier alpha value is -4.90. The maximum Gasteiger partial charge on any atom is 0.339 e. The Morgan fingerprint density at radius 2 is 2.10 bits per heavy atom. The monoisotopic (exact) mass is 555 g/mol. The molecule has 5 rings (SSSR count). The van der Waals surface area contributed by atoms with Crippen LogP contribution in [-0.4, -0.2) is 64.8 Å². The second kappa shape index (κ2) is 11.7. The van der Waals surface area contributed by atoms with Crippen LogP contribution in [-0.2, 0) is 11.8 Å². The highest BCUT2D eigenvalue weighted by Gasteiger charge is 2.22. The predicted octanol–water partition coefficient (Wildman–Crippen LogP) is 4.40. The maximum absolute atomic E-state index is 12.3. The summed E-state index contributed by atoms with van der Waals surface area (Å²) in [6, 6.07) is 11.7. The van der Waals surface area contributed by atoms with Crippen LogP contribution in [0.4, 0.5) is 23.0 Å². The van der Waals surface area contributed by atoms with Crippen molar-refractivity contribution in [1.29, 1.82) is 0 Å². The molecule has 0 aliphatic carbocycles. The molecule has 1 unspecified atom stereocenters. The van der Waals surface area contributed by atoms with Gasteiger partial charge in [-0.1, -0.05) is 24.8 Å². The lowest BCUT2D eigenvalue weighted by atomic mass is 10.1. The molecule has 1 fully saturated rings. The van der Waals surface area contributed by atoms with Crippen LogP contribution in [0.3, 0.4) is 0 Å². The summed E-state index contributed by atoms with van der Waals surface area (Å²) < 4.78 is 7.64. The maximum atomic E-state index is 12.3. The largest absolute Gasteiger partial charge is 0.494 e. The van der Waals surface area contributed by atoms with Gasteiger partial charge in [-0.05, 0) is 37.6 Å². The van der Waals surface area contributed by atoms with Crippen LogP contribution in [0.25, 0.3) is 22.2 Å². The van der Waals surface area contributed by atoms with Gasteiger partial charge in [-0.3, -0.25) is 4.79 Å². The minimum Gasteiger partial charge on any atom is -0.494 e. The summed E-state index contributed by atoms with van der Waals surface area (Å²) in [6.07, 6.45) is 6.57. The van der Waals surface area contributed by atoms with E-state index in [1.54, 1.807) is 13.2 Å². The van der Waals surface area contributed by atoms with E-state index in [4.69, 9.17) is 4.74 Å². The number of fused-ring (bicyclic) bond motifs is 1. The molecule has 0 radical (unpaired) electrons. The van der Waals surface area contributed by atoms with Gasteiger partial charge < -0.3 is 35.3 Å². The number of carbonyl (C=O) groups is 2. The minimum atomic E-state index is -1.13. The van der Waals surface area contributed by atoms with E-state index < -0.39 is 5.97 Å². The van der Waals surface area contributed by atoms with Gasteiger partial charge in [0.05, 0.1) is 29.9 Å². The number of amides is 1. The zero-order valence-electron chi connectivity index (χ0n) is 23.3. The number of hydrogen-bond acceptors (Lipinski definition) is 8. The number of anilines is 4. The van der Waals surface area contributed by atoms with Crippen LogP contribution >= 0.6 is 0 Å². The van der Waals surface area contributed by atoms with Crippen molar-refractivity contribution in [2.45, 2.75) is 18.9 Å². The average Bonchev–Trinajstić information content (AvgIpc) is 3.60. The van der Waals surface area contributed by atoms with Gasteiger partial charge in [-0.2, -0.15) is 0 Å². The summed E-state index contributed by atoms with van der Waals surface area (Å²) in [5, 5.41) is 20.3. The van der Waals surface area contributed by atoms with Crippen molar-refractivity contribution in [2.75, 3.05) is 42.8 Å². The molecule has 1 saturated heterocycles. The molecule has 4 aromatic rings. The first-order valence-electron chi connectivity index (χ1n) is 13.3. The minimum absolute atomic E-state index is 0.0182. The van der Waals surface area contributed by atoms with E-state index in [0.717, 1.165) is 42.5 Å². The fourth-order valence-electron chi connectivity index (χ4n) is 5.23. The zero-order valence-corrected chi connectivity index (χ0v) is 23.3. The number of nitrogens with zero attached hydrogens (tertiary/aromatic N) is 4. The van der Waals surface area contributed by atoms with E-state index in [9.17, 15) is 14.7 Å². The van der Waals surface area contributed by atoms with Crippen molar-refractivity contribution in [3.05, 3.63) is 67.0 Å². The Morgan fingerprint density at radius 3 is 2.80 bits per heavy atom. The Bertz CT molecular complexity index is 1620. The number of carbonyl (C=O) groups excluding carboxylic acids is 1. The number of carboxylic acids is 1. The van der Waals surface area contributed by atoms with E-state index in [-0.39, 0.29) is 23.1 Å². The van der Waals surface area contributed by atoms with Crippen LogP contribution in [0.5, 0.6) is 5.75 Å². The van der Waals surface area contributed by atoms with Crippen molar-refractivity contribution in [2.24, 2.45) is 7.05 Å². The molecule has 1 atom stereocenters. The number of nitrogens with one attached hydrogen (secondary N) is 3. The normalized spacial score (nSPS) is 14.6. The standard InChI is InChI=1S/C30H33N7O4/c1-5-27(38)33-22-13-23(26(41-4)14-25(22)36(2)16-18-9-8-12-31-18)34-30-32-15-20(29(39)40)28(35-30)21-17-37(3)24-11-7-6-10-19(21)24/h5-7,10-11,13-15,17-18,31H,1,8-9,12,16H2,2-4H3,(H,33,38)(H,39,40)(H,32,34,35). The number of ether oxygens (including phenoxy) is 1. The smallest absolute Gasteiger partial charge is 0.339 e. The Labute approximate surface area is 237 Å². The first-order valence-corrected chi connectivity index (χ1v) is 13.3. The summed E-state index contributed by atoms with van der Waals surface area (Å²) in [5.74, 6) is -0.806. The number of rotatable bonds is 10. The Balaban J connectivity index is 1.55. The van der Waals surface area contributed by atoms with Crippen molar-refractivity contribution in [3.8, 4) is 17.0 Å². The molecule has 11 heteroatoms. The number of aromatic carboxylic acids is 1. The summed E-state index contributed by atoms with van der Waals surface area (Å²) in [5.41, 5.74) is 3.71. The van der Waals surface area contributed by atoms with Crippen LogP contribution in [0.1, 0.15) is 23.2 Å². The molecule has 2 aromatic heterocycles. The quantitative estimate of drug-likeness (QED) is 0.210. The lowest BCUT2D eigenvalue weighted by Gasteiger charge is -2.27. The molecule has 212 valence electrons. The van der Waals surface area contributed by atoms with E-state index in [0.29, 0.717) is 28.7 Å². The topological polar surface area (TPSA) is 134 Å². The number of likely N-dealkylation sites (N-methyl/N-ethyl adjacent to an activating group) is 1. The number of aryl methyl sites for hydroxylation is 1. The van der Waals surface area contributed by atoms with E-state index in [2.05, 4.69) is 37.4 Å². The van der Waals surface area contributed by atoms with Gasteiger partial charge in [0.15, 0.2) is 0 Å². The summed E-state index contributed by atoms with van der Waals surface area (Å²) in [4.78, 5) is 35.5. The molecule has 1 amide bonds. The second-order valence-electron chi connectivity index (χ2n) is 9.99. The number of methoxy groups -OCH3 is 1. The molecule has 11 nitrogen and oxygen atoms in total. The Morgan fingerprint density at radius 1 is 1.29 bits per heavy atom. The highest BCUT2D eigenvalue weighted by molar-refractivity contribution is 6.03. The van der Waals surface area contributed by atoms with Gasteiger partial charge in [-0.15, -0.1) is 0 Å². The van der Waals surface area contributed by atoms with Crippen molar-refractivity contribution in [1.82, 2.24) is 19.9 Å². The van der Waals surface area contributed by atoms with Crippen molar-refractivity contribution >= 4 is 45.8 Å². The number of benzene rings is 2. The number of para-hydroxylation sites is 1. The first kappa shape index (κ1) is 27.7. The lowest BCUT2D eigenvalue weighted by Crippen LogP contribution is -2.35. The molecule has 1 aliphatic heterocycles. The van der Waals surface area contributed by atoms with E-state index >= 15 is 0 Å². The molecule has 4 N–H and O–H groups in total. The lowest BCUT2D eigenvalue weighted by molar-refractivity contribution is -0.111. The van der Waals surface area contributed by atoms with Gasteiger partial charge in [0, 0.05) is 61.6 Å². The van der Waals surface area contributed by atoms with Gasteiger partial charge in [0.1, 0.15) is 11.3 Å². The molecule has 0 spiro atoms. The van der Waals surface area contributed by atoms with Gasteiger partial charge in [0.25, 0.3) is 0 Å². The number of aromatic nitrogens is 3. The van der Waals surface area contributed by atoms with Crippen LogP contribution in [0.15, 0.2) is 61.4 Å². The molecular weight excluding hydrogens is 522 g/mol. The molecule has 41 heavy (non-hydrogen) atoms. The first-order chi connectivity index (χ1) is 19.8. The van der Waals surface area contributed by atoms with Gasteiger partial charge >= 0.3 is 5.97 Å². The molecule has 2 aromatic carbocycles. The predicted molar refractivity (Wildman–Crippen MR) is 160 cm³/mol. The summed E-state index contributed by atoms with van der Waals surface area (Å²) in [6.45, 7) is 5.32. The molecule has 1 aliphatic rings. The average molecular weight is 556 g/mol. The van der Waals surface area contributed by atoms with Crippen molar-refractivity contribution < 1.29 is 19.4 Å². The Kier molecular flexibility index (Phi) is 7.88. The summed E-state index contributed by atoms with van der Waals surface area (Å²) in [7, 11) is 5.42. The highest BCUT2D eigenvalue weighted by Crippen LogP contribution is 2.39. The second-order valence-corrected chi connectivity index (χ2v) is 9.99. The van der Waals surface area contributed by atoms with Gasteiger partial charge in [0.2, 0.25) is 11.9 Å². The van der Waals surface area contributed by atoms with Crippen LogP contribution < -0.4 is 25.6 Å². The van der Waals surface area contributed by atoms with Crippen LogP contribution in [0, 0.1) is 0 Å². The van der Waals surface area contributed by atoms with E-state index in [1.165, 1.54) is 12.3 Å². The molecular formula is C30H33N7O4. The third-order valence-electron chi connectivity index (χ3n) is 7.25. The molecule has 0 saturated carbocycles. The third-order valence-corrected chi connectivity index (χ3v) is 7.25. The third kappa shape index (κ3) is 5.71. The fraction of sp³-hybridized carbons (Fsp3) is 0.267. The highest BCUT2D eigenvalue weighted by atomic mass is 16.5. The fourth-order valence-corrected chi connectivity index (χ4v) is 5.23. The van der Waals surface area contributed by atoms with E-state index in [1.807, 2.05) is 55.2 Å². The molecule has 3 heterocycles. The number of carboxylic acid groups (broad SMARTS) is 1. The number of hydrogen-bond donors (Lipinski definition) is 4. The van der Waals surface area contributed by atoms with Crippen LogP contribution in [0.2, 0.25) is 0 Å². The summed E-state index contributed by atoms with van der Waals surface area (Å²) >= 11 is 0. The van der Waals surface area contributed by atoms with Crippen molar-refractivity contribution in [3.63, 3.8) is 0 Å². The SMILES string of the molecule is C=CC(=O)Nc1cc(Nc2ncc(C(=O)O)c(-c3cn(C)c4ccccc34)n2)c(OC)cc1N(C)CC1CCCN1. The zero-order chi connectivity index (χ0) is 29.1. The van der Waals surface area contributed by atoms with Gasteiger partial charge in [-0.25, -0.2) is 14.8 Å².